The molecule has 0 aliphatic rings. The zero-order valence-corrected chi connectivity index (χ0v) is 12.3. The third kappa shape index (κ3) is 4.04. The lowest BCUT2D eigenvalue weighted by Crippen LogP contribution is -2.51. The van der Waals surface area contributed by atoms with Crippen molar-refractivity contribution in [2.75, 3.05) is 0 Å². The topological polar surface area (TPSA) is 105 Å². The van der Waals surface area contributed by atoms with Gasteiger partial charge in [0.15, 0.2) is 5.82 Å². The second-order valence-electron chi connectivity index (χ2n) is 5.24. The first-order valence-electron chi connectivity index (χ1n) is 6.65. The highest BCUT2D eigenvalue weighted by molar-refractivity contribution is 5.86. The van der Waals surface area contributed by atoms with Crippen LogP contribution in [0.3, 0.4) is 0 Å². The molecule has 0 radical (unpaired) electrons. The molecule has 112 valence electrons. The molecule has 0 spiro atoms. The molecule has 1 aromatic rings. The largest absolute Gasteiger partial charge is 0.480 e. The number of nitrogens with zero attached hydrogens (tertiary/aromatic N) is 2. The van der Waals surface area contributed by atoms with Gasteiger partial charge in [-0.15, -0.1) is 0 Å². The van der Waals surface area contributed by atoms with Gasteiger partial charge in [-0.25, -0.2) is 4.79 Å². The van der Waals surface area contributed by atoms with Crippen molar-refractivity contribution in [1.29, 1.82) is 0 Å². The van der Waals surface area contributed by atoms with Crippen molar-refractivity contribution < 1.29 is 19.2 Å². The Labute approximate surface area is 117 Å². The molecular weight excluding hydrogens is 262 g/mol. The molecule has 0 aliphatic carbocycles. The van der Waals surface area contributed by atoms with Crippen molar-refractivity contribution in [1.82, 2.24) is 15.5 Å². The van der Waals surface area contributed by atoms with Gasteiger partial charge in [0.25, 0.3) is 0 Å². The Balaban J connectivity index is 2.52. The number of rotatable bonds is 7. The maximum atomic E-state index is 11.8. The van der Waals surface area contributed by atoms with Crippen molar-refractivity contribution in [3.63, 3.8) is 0 Å². The van der Waals surface area contributed by atoms with Gasteiger partial charge in [0, 0.05) is 18.8 Å². The number of aryl methyl sites for hydroxylation is 1. The predicted molar refractivity (Wildman–Crippen MR) is 71.2 cm³/mol. The predicted octanol–water partition coefficient (Wildman–Crippen LogP) is 1.50. The Hall–Kier alpha value is -1.92. The van der Waals surface area contributed by atoms with Crippen molar-refractivity contribution in [2.45, 2.75) is 58.4 Å². The van der Waals surface area contributed by atoms with Crippen LogP contribution >= 0.6 is 0 Å². The number of nitrogens with one attached hydrogen (secondary N) is 1. The van der Waals surface area contributed by atoms with Crippen LogP contribution in [0.15, 0.2) is 4.52 Å². The van der Waals surface area contributed by atoms with Crippen LogP contribution in [-0.4, -0.2) is 32.7 Å². The van der Waals surface area contributed by atoms with Gasteiger partial charge in [0.1, 0.15) is 5.54 Å². The average molecular weight is 283 g/mol. The highest BCUT2D eigenvalue weighted by Gasteiger charge is 2.32. The molecule has 0 bridgehead atoms. The summed E-state index contributed by atoms with van der Waals surface area (Å²) in [6.07, 6.45) is 0.722. The lowest BCUT2D eigenvalue weighted by molar-refractivity contribution is -0.147. The van der Waals surface area contributed by atoms with E-state index in [1.165, 1.54) is 6.92 Å². The molecule has 0 aliphatic heterocycles. The number of carbonyl (C=O) groups excluding carboxylic acids is 1. The minimum atomic E-state index is -1.24. The van der Waals surface area contributed by atoms with E-state index in [1.807, 2.05) is 13.8 Å². The molecule has 1 heterocycles. The van der Waals surface area contributed by atoms with E-state index in [4.69, 9.17) is 9.63 Å². The quantitative estimate of drug-likeness (QED) is 0.785. The molecular formula is C13H21N3O4. The maximum absolute atomic E-state index is 11.8. The first kappa shape index (κ1) is 16.1. The number of aliphatic carboxylic acids is 1. The van der Waals surface area contributed by atoms with E-state index in [9.17, 15) is 9.59 Å². The Morgan fingerprint density at radius 1 is 1.45 bits per heavy atom. The number of carboxylic acids is 1. The number of hydrogen-bond donors (Lipinski definition) is 2. The number of aromatic nitrogens is 2. The normalized spacial score (nSPS) is 14.1. The van der Waals surface area contributed by atoms with Crippen LogP contribution in [0.5, 0.6) is 0 Å². The van der Waals surface area contributed by atoms with Gasteiger partial charge < -0.3 is 14.9 Å². The summed E-state index contributed by atoms with van der Waals surface area (Å²) in [4.78, 5) is 27.0. The zero-order chi connectivity index (χ0) is 15.3. The van der Waals surface area contributed by atoms with Gasteiger partial charge in [-0.2, -0.15) is 4.98 Å². The molecule has 1 aromatic heterocycles. The average Bonchev–Trinajstić information content (AvgIpc) is 2.85. The van der Waals surface area contributed by atoms with Crippen LogP contribution in [0.2, 0.25) is 0 Å². The van der Waals surface area contributed by atoms with Gasteiger partial charge in [-0.3, -0.25) is 4.79 Å². The summed E-state index contributed by atoms with van der Waals surface area (Å²) in [6.45, 7) is 7.08. The lowest BCUT2D eigenvalue weighted by atomic mass is 9.99. The van der Waals surface area contributed by atoms with Gasteiger partial charge in [0.2, 0.25) is 11.8 Å². The molecule has 7 heteroatoms. The van der Waals surface area contributed by atoms with Crippen molar-refractivity contribution in [2.24, 2.45) is 0 Å². The molecule has 0 aromatic carbocycles. The fourth-order valence-corrected chi connectivity index (χ4v) is 1.49. The molecule has 0 fully saturated rings. The SMILES string of the molecule is CCC(C)(NC(=O)CCc1nc(C(C)C)no1)C(=O)O. The van der Waals surface area contributed by atoms with E-state index in [0.29, 0.717) is 24.6 Å². The Kier molecular flexibility index (Phi) is 5.24. The number of hydrogen-bond acceptors (Lipinski definition) is 5. The summed E-state index contributed by atoms with van der Waals surface area (Å²) in [5, 5.41) is 15.4. The minimum absolute atomic E-state index is 0.114. The smallest absolute Gasteiger partial charge is 0.329 e. The molecule has 1 unspecified atom stereocenters. The highest BCUT2D eigenvalue weighted by atomic mass is 16.5. The molecule has 1 amide bonds. The van der Waals surface area contributed by atoms with Crippen LogP contribution in [-0.2, 0) is 16.0 Å². The third-order valence-electron chi connectivity index (χ3n) is 3.16. The second kappa shape index (κ2) is 6.49. The fraction of sp³-hybridized carbons (Fsp3) is 0.692. The molecule has 1 atom stereocenters. The molecule has 2 N–H and O–H groups in total. The van der Waals surface area contributed by atoms with E-state index in [0.717, 1.165) is 0 Å². The van der Waals surface area contributed by atoms with Crippen LogP contribution < -0.4 is 5.32 Å². The van der Waals surface area contributed by atoms with Crippen molar-refractivity contribution in [3.8, 4) is 0 Å². The Bertz CT molecular complexity index is 484. The monoisotopic (exact) mass is 283 g/mol. The highest BCUT2D eigenvalue weighted by Crippen LogP contribution is 2.12. The van der Waals surface area contributed by atoms with E-state index in [2.05, 4.69) is 15.5 Å². The Morgan fingerprint density at radius 3 is 2.55 bits per heavy atom. The summed E-state index contributed by atoms with van der Waals surface area (Å²) >= 11 is 0. The summed E-state index contributed by atoms with van der Waals surface area (Å²) in [5.41, 5.74) is -1.24. The molecule has 1 rings (SSSR count). The van der Waals surface area contributed by atoms with E-state index in [1.54, 1.807) is 6.92 Å². The van der Waals surface area contributed by atoms with E-state index < -0.39 is 11.5 Å². The van der Waals surface area contributed by atoms with Gasteiger partial charge in [-0.1, -0.05) is 25.9 Å². The summed E-state index contributed by atoms with van der Waals surface area (Å²) in [5.74, 6) is -0.243. The molecule has 0 saturated heterocycles. The number of carboxylic acid groups (broad SMARTS) is 1. The summed E-state index contributed by atoms with van der Waals surface area (Å²) < 4.78 is 5.02. The van der Waals surface area contributed by atoms with Gasteiger partial charge in [0.05, 0.1) is 0 Å². The van der Waals surface area contributed by atoms with Gasteiger partial charge in [-0.05, 0) is 13.3 Å². The van der Waals surface area contributed by atoms with Crippen LogP contribution in [0.1, 0.15) is 58.2 Å². The minimum Gasteiger partial charge on any atom is -0.480 e. The second-order valence-corrected chi connectivity index (χ2v) is 5.24. The lowest BCUT2D eigenvalue weighted by Gasteiger charge is -2.24. The van der Waals surface area contributed by atoms with E-state index in [-0.39, 0.29) is 18.2 Å². The van der Waals surface area contributed by atoms with E-state index >= 15 is 0 Å². The van der Waals surface area contributed by atoms with Gasteiger partial charge >= 0.3 is 5.97 Å². The first-order valence-corrected chi connectivity index (χ1v) is 6.65. The molecule has 0 saturated carbocycles. The number of carbonyl (C=O) groups is 2. The Morgan fingerprint density at radius 2 is 2.10 bits per heavy atom. The molecule has 7 nitrogen and oxygen atoms in total. The zero-order valence-electron chi connectivity index (χ0n) is 12.3. The molecule has 20 heavy (non-hydrogen) atoms. The standard InChI is InChI=1S/C13H21N3O4/c1-5-13(4,12(18)19)15-9(17)6-7-10-14-11(8(2)3)16-20-10/h8H,5-7H2,1-4H3,(H,15,17)(H,18,19). The van der Waals surface area contributed by atoms with Crippen molar-refractivity contribution in [3.05, 3.63) is 11.7 Å². The number of amides is 1. The summed E-state index contributed by atoms with van der Waals surface area (Å²) in [7, 11) is 0. The van der Waals surface area contributed by atoms with Crippen LogP contribution in [0.4, 0.5) is 0 Å². The maximum Gasteiger partial charge on any atom is 0.329 e. The fourth-order valence-electron chi connectivity index (χ4n) is 1.49. The van der Waals surface area contributed by atoms with Crippen molar-refractivity contribution >= 4 is 11.9 Å². The summed E-state index contributed by atoms with van der Waals surface area (Å²) in [6, 6.07) is 0. The van der Waals surface area contributed by atoms with Crippen LogP contribution in [0.25, 0.3) is 0 Å². The van der Waals surface area contributed by atoms with Crippen LogP contribution in [0, 0.1) is 0 Å². The first-order chi connectivity index (χ1) is 9.28. The third-order valence-corrected chi connectivity index (χ3v) is 3.16.